The molecule has 0 radical (unpaired) electrons. The van der Waals surface area contributed by atoms with Crippen molar-refractivity contribution in [1.29, 1.82) is 0 Å². The maximum absolute atomic E-state index is 14.0. The van der Waals surface area contributed by atoms with Crippen molar-refractivity contribution >= 4 is 29.1 Å². The number of rotatable bonds is 8. The van der Waals surface area contributed by atoms with Crippen LogP contribution in [0.4, 0.5) is 5.69 Å². The lowest BCUT2D eigenvalue weighted by atomic mass is 9.95. The van der Waals surface area contributed by atoms with E-state index in [0.717, 1.165) is 25.2 Å². The van der Waals surface area contributed by atoms with Gasteiger partial charge in [0.25, 0.3) is 0 Å². The van der Waals surface area contributed by atoms with E-state index in [1.807, 2.05) is 41.3 Å². The number of para-hydroxylation sites is 1. The topological polar surface area (TPSA) is 67.9 Å². The van der Waals surface area contributed by atoms with Crippen LogP contribution in [-0.2, 0) is 35.5 Å². The first-order chi connectivity index (χ1) is 21.0. The molecule has 3 aromatic carbocycles. The summed E-state index contributed by atoms with van der Waals surface area (Å²) in [4.78, 5) is 34.4. The summed E-state index contributed by atoms with van der Waals surface area (Å²) in [5, 5.41) is 7.14. The predicted octanol–water partition coefficient (Wildman–Crippen LogP) is 4.42. The van der Waals surface area contributed by atoms with Gasteiger partial charge in [0.15, 0.2) is 0 Å². The number of carbonyl (C=O) groups excluding carboxylic acids is 2. The van der Waals surface area contributed by atoms with Gasteiger partial charge in [-0.3, -0.25) is 14.5 Å². The van der Waals surface area contributed by atoms with Gasteiger partial charge >= 0.3 is 0 Å². The maximum Gasteiger partial charge on any atom is 0.245 e. The quantitative estimate of drug-likeness (QED) is 0.401. The largest absolute Gasteiger partial charge is 0.368 e. The summed E-state index contributed by atoms with van der Waals surface area (Å²) >= 11 is 6.13. The molecule has 3 heterocycles. The van der Waals surface area contributed by atoms with Crippen LogP contribution in [-0.4, -0.2) is 73.0 Å². The number of halogens is 1. The Morgan fingerprint density at radius 2 is 1.53 bits per heavy atom. The molecule has 3 aromatic rings. The molecule has 2 fully saturated rings. The molecule has 0 unspecified atom stereocenters. The molecule has 0 saturated carbocycles. The molecular weight excluding hydrogens is 558 g/mol. The smallest absolute Gasteiger partial charge is 0.245 e. The van der Waals surface area contributed by atoms with Gasteiger partial charge < -0.3 is 20.4 Å². The monoisotopic (exact) mass is 599 g/mol. The third-order valence-corrected chi connectivity index (χ3v) is 9.38. The molecule has 3 aliphatic heterocycles. The molecule has 2 amide bonds. The van der Waals surface area contributed by atoms with Crippen LogP contribution < -0.4 is 15.5 Å². The second-order valence-corrected chi connectivity index (χ2v) is 12.5. The molecule has 0 bridgehead atoms. The van der Waals surface area contributed by atoms with Crippen LogP contribution in [0.5, 0.6) is 0 Å². The summed E-state index contributed by atoms with van der Waals surface area (Å²) < 4.78 is 0. The summed E-state index contributed by atoms with van der Waals surface area (Å²) in [7, 11) is 0. The van der Waals surface area contributed by atoms with Crippen molar-refractivity contribution < 1.29 is 9.59 Å². The average molecular weight is 600 g/mol. The van der Waals surface area contributed by atoms with Gasteiger partial charge in [0.2, 0.25) is 11.8 Å². The zero-order valence-corrected chi connectivity index (χ0v) is 25.6. The van der Waals surface area contributed by atoms with Gasteiger partial charge in [0.05, 0.1) is 6.04 Å². The number of hydrogen-bond acceptors (Lipinski definition) is 5. The zero-order valence-electron chi connectivity index (χ0n) is 24.8. The number of likely N-dealkylation sites (tertiary alicyclic amines) is 1. The molecule has 226 valence electrons. The Morgan fingerprint density at radius 1 is 0.837 bits per heavy atom. The minimum absolute atomic E-state index is 0.0271. The van der Waals surface area contributed by atoms with Crippen LogP contribution in [0.15, 0.2) is 72.8 Å². The fraction of sp³-hybridized carbons (Fsp3) is 0.429. The first-order valence-corrected chi connectivity index (χ1v) is 16.1. The molecule has 3 aliphatic rings. The molecule has 7 nitrogen and oxygen atoms in total. The van der Waals surface area contributed by atoms with E-state index in [1.165, 1.54) is 54.7 Å². The summed E-state index contributed by atoms with van der Waals surface area (Å²) in [6, 6.07) is 23.4. The van der Waals surface area contributed by atoms with Crippen LogP contribution >= 0.6 is 11.6 Å². The van der Waals surface area contributed by atoms with E-state index in [1.54, 1.807) is 0 Å². The minimum atomic E-state index is -0.648. The molecule has 0 aromatic heterocycles. The van der Waals surface area contributed by atoms with Gasteiger partial charge in [-0.05, 0) is 72.8 Å². The number of piperidine rings is 1. The molecule has 0 aliphatic carbocycles. The van der Waals surface area contributed by atoms with E-state index in [0.29, 0.717) is 37.5 Å². The Hall–Kier alpha value is -3.39. The van der Waals surface area contributed by atoms with Crippen molar-refractivity contribution in [1.82, 2.24) is 20.4 Å². The van der Waals surface area contributed by atoms with Gasteiger partial charge in [0, 0.05) is 56.4 Å². The van der Waals surface area contributed by atoms with Crippen LogP contribution in [0.25, 0.3) is 0 Å². The normalized spacial score (nSPS) is 19.9. The second-order valence-electron chi connectivity index (χ2n) is 12.1. The SMILES string of the molecule is O=C(N[C@H](Cc1ccc(Cl)cc1)C(=O)N1CCN(c2ccccc2CN2CCCCC2)CC1)[C@H]1Cc2ccccc2CN1. The lowest BCUT2D eigenvalue weighted by Gasteiger charge is -2.39. The summed E-state index contributed by atoms with van der Waals surface area (Å²) in [6.07, 6.45) is 4.92. The summed E-state index contributed by atoms with van der Waals surface area (Å²) in [6.45, 7) is 6.74. The number of hydrogen-bond donors (Lipinski definition) is 2. The fourth-order valence-electron chi connectivity index (χ4n) is 6.67. The minimum Gasteiger partial charge on any atom is -0.368 e. The number of benzene rings is 3. The lowest BCUT2D eigenvalue weighted by molar-refractivity contribution is -0.137. The number of fused-ring (bicyclic) bond motifs is 1. The summed E-state index contributed by atoms with van der Waals surface area (Å²) in [5.74, 6) is -0.159. The van der Waals surface area contributed by atoms with Crippen molar-refractivity contribution in [3.63, 3.8) is 0 Å². The average Bonchev–Trinajstić information content (AvgIpc) is 3.05. The molecular formula is C35H42ClN5O2. The Morgan fingerprint density at radius 3 is 2.30 bits per heavy atom. The number of anilines is 1. The summed E-state index contributed by atoms with van der Waals surface area (Å²) in [5.41, 5.74) is 6.00. The van der Waals surface area contributed by atoms with Crippen molar-refractivity contribution in [3.8, 4) is 0 Å². The van der Waals surface area contributed by atoms with Crippen molar-refractivity contribution in [2.45, 2.75) is 57.3 Å². The van der Waals surface area contributed by atoms with E-state index in [4.69, 9.17) is 11.6 Å². The molecule has 6 rings (SSSR count). The Balaban J connectivity index is 1.12. The van der Waals surface area contributed by atoms with Crippen LogP contribution in [0.3, 0.4) is 0 Å². The van der Waals surface area contributed by atoms with Crippen molar-refractivity contribution in [2.24, 2.45) is 0 Å². The van der Waals surface area contributed by atoms with Gasteiger partial charge in [-0.2, -0.15) is 0 Å². The number of piperazine rings is 1. The third kappa shape index (κ3) is 7.40. The first kappa shape index (κ1) is 29.7. The molecule has 0 spiro atoms. The second kappa shape index (κ2) is 13.9. The van der Waals surface area contributed by atoms with Gasteiger partial charge in [-0.15, -0.1) is 0 Å². The number of nitrogens with zero attached hydrogens (tertiary/aromatic N) is 3. The zero-order chi connectivity index (χ0) is 29.6. The first-order valence-electron chi connectivity index (χ1n) is 15.7. The molecule has 8 heteroatoms. The Bertz CT molecular complexity index is 1400. The van der Waals surface area contributed by atoms with Crippen LogP contribution in [0.2, 0.25) is 5.02 Å². The van der Waals surface area contributed by atoms with Gasteiger partial charge in [0.1, 0.15) is 6.04 Å². The molecule has 2 atom stereocenters. The highest BCUT2D eigenvalue weighted by Crippen LogP contribution is 2.25. The highest BCUT2D eigenvalue weighted by Gasteiger charge is 2.32. The van der Waals surface area contributed by atoms with E-state index >= 15 is 0 Å². The van der Waals surface area contributed by atoms with Crippen LogP contribution in [0.1, 0.15) is 41.5 Å². The fourth-order valence-corrected chi connectivity index (χ4v) is 6.79. The lowest BCUT2D eigenvalue weighted by Crippen LogP contribution is -2.58. The van der Waals surface area contributed by atoms with Crippen molar-refractivity contribution in [2.75, 3.05) is 44.2 Å². The van der Waals surface area contributed by atoms with Gasteiger partial charge in [-0.25, -0.2) is 0 Å². The Kier molecular flexibility index (Phi) is 9.61. The van der Waals surface area contributed by atoms with E-state index in [-0.39, 0.29) is 17.9 Å². The maximum atomic E-state index is 14.0. The third-order valence-electron chi connectivity index (χ3n) is 9.13. The number of nitrogens with one attached hydrogen (secondary N) is 2. The van der Waals surface area contributed by atoms with Crippen molar-refractivity contribution in [3.05, 3.63) is 100 Å². The standard InChI is InChI=1S/C35H42ClN5O2/c36-30-14-12-26(13-15-30)22-32(38-34(42)31-23-27-8-2-3-9-28(27)24-37-31)35(43)41-20-18-40(19-21-41)33-11-5-4-10-29(33)25-39-16-6-1-7-17-39/h2-5,8-15,31-32,37H,1,6-7,16-25H2,(H,38,42)/t31-,32-/m1/s1. The molecule has 43 heavy (non-hydrogen) atoms. The molecule has 2 N–H and O–H groups in total. The Labute approximate surface area is 260 Å². The van der Waals surface area contributed by atoms with Crippen LogP contribution in [0, 0.1) is 0 Å². The highest BCUT2D eigenvalue weighted by molar-refractivity contribution is 6.30. The van der Waals surface area contributed by atoms with E-state index < -0.39 is 6.04 Å². The highest BCUT2D eigenvalue weighted by atomic mass is 35.5. The van der Waals surface area contributed by atoms with E-state index in [9.17, 15) is 9.59 Å². The number of amides is 2. The molecule has 2 saturated heterocycles. The van der Waals surface area contributed by atoms with E-state index in [2.05, 4.69) is 56.8 Å². The predicted molar refractivity (Wildman–Crippen MR) is 172 cm³/mol. The number of carbonyl (C=O) groups is 2. The van der Waals surface area contributed by atoms with Gasteiger partial charge in [-0.1, -0.05) is 72.6 Å².